The van der Waals surface area contributed by atoms with Crippen LogP contribution < -0.4 is 11.5 Å². The van der Waals surface area contributed by atoms with E-state index < -0.39 is 0 Å². The topological polar surface area (TPSA) is 52.0 Å². The standard InChI is InChI=1S/C10H18N2/c11-9-8-2-6-1-7(3-8)5-10(9,12)4-6/h6-9H,1-5,11-12H2/t6-,7-,8?,9-,10?/m0/s1. The number of hydrogen-bond donors (Lipinski definition) is 2. The summed E-state index contributed by atoms with van der Waals surface area (Å²) in [4.78, 5) is 0. The Morgan fingerprint density at radius 1 is 1.00 bits per heavy atom. The molecule has 0 heterocycles. The lowest BCUT2D eigenvalue weighted by atomic mass is 9.51. The van der Waals surface area contributed by atoms with Gasteiger partial charge in [-0.2, -0.15) is 0 Å². The first-order chi connectivity index (χ1) is 5.67. The van der Waals surface area contributed by atoms with Crippen LogP contribution in [0, 0.1) is 17.8 Å². The first-order valence-corrected chi connectivity index (χ1v) is 5.22. The van der Waals surface area contributed by atoms with Crippen molar-refractivity contribution in [3.63, 3.8) is 0 Å². The van der Waals surface area contributed by atoms with Gasteiger partial charge in [-0.25, -0.2) is 0 Å². The van der Waals surface area contributed by atoms with Crippen LogP contribution in [-0.2, 0) is 0 Å². The lowest BCUT2D eigenvalue weighted by Gasteiger charge is -2.58. The highest BCUT2D eigenvalue weighted by Gasteiger charge is 2.53. The Morgan fingerprint density at radius 3 is 2.08 bits per heavy atom. The van der Waals surface area contributed by atoms with E-state index in [0.717, 1.165) is 17.8 Å². The van der Waals surface area contributed by atoms with Crippen molar-refractivity contribution in [3.05, 3.63) is 0 Å². The molecule has 4 N–H and O–H groups in total. The Kier molecular flexibility index (Phi) is 1.25. The lowest BCUT2D eigenvalue weighted by Crippen LogP contribution is -2.68. The maximum atomic E-state index is 6.34. The molecule has 4 aliphatic carbocycles. The van der Waals surface area contributed by atoms with Crippen LogP contribution in [0.2, 0.25) is 0 Å². The average molecular weight is 166 g/mol. The van der Waals surface area contributed by atoms with Gasteiger partial charge in [-0.15, -0.1) is 0 Å². The van der Waals surface area contributed by atoms with Gasteiger partial charge in [0.15, 0.2) is 0 Å². The van der Waals surface area contributed by atoms with Gasteiger partial charge in [-0.05, 0) is 49.9 Å². The summed E-state index contributed by atoms with van der Waals surface area (Å²) in [6, 6.07) is 0.310. The van der Waals surface area contributed by atoms with Gasteiger partial charge in [0.1, 0.15) is 0 Å². The molecule has 0 spiro atoms. The molecule has 4 rings (SSSR count). The summed E-state index contributed by atoms with van der Waals surface area (Å²) < 4.78 is 0. The molecule has 4 saturated carbocycles. The van der Waals surface area contributed by atoms with Crippen LogP contribution in [0.1, 0.15) is 32.1 Å². The van der Waals surface area contributed by atoms with Gasteiger partial charge >= 0.3 is 0 Å². The van der Waals surface area contributed by atoms with Crippen LogP contribution in [0.3, 0.4) is 0 Å². The van der Waals surface area contributed by atoms with Crippen LogP contribution in [0.25, 0.3) is 0 Å². The van der Waals surface area contributed by atoms with E-state index in [1.807, 2.05) is 0 Å². The van der Waals surface area contributed by atoms with Crippen molar-refractivity contribution in [2.75, 3.05) is 0 Å². The van der Waals surface area contributed by atoms with Gasteiger partial charge in [0.05, 0.1) is 0 Å². The van der Waals surface area contributed by atoms with Crippen molar-refractivity contribution in [1.29, 1.82) is 0 Å². The van der Waals surface area contributed by atoms with Crippen LogP contribution in [0.4, 0.5) is 0 Å². The monoisotopic (exact) mass is 166 g/mol. The summed E-state index contributed by atoms with van der Waals surface area (Å²) in [5.41, 5.74) is 12.6. The van der Waals surface area contributed by atoms with Crippen LogP contribution in [0.15, 0.2) is 0 Å². The van der Waals surface area contributed by atoms with Crippen molar-refractivity contribution < 1.29 is 0 Å². The normalized spacial score (nSPS) is 62.5. The van der Waals surface area contributed by atoms with Crippen molar-refractivity contribution in [1.82, 2.24) is 0 Å². The quantitative estimate of drug-likeness (QED) is 0.560. The highest BCUT2D eigenvalue weighted by Crippen LogP contribution is 2.53. The fourth-order valence-corrected chi connectivity index (χ4v) is 4.14. The predicted molar refractivity (Wildman–Crippen MR) is 48.4 cm³/mol. The van der Waals surface area contributed by atoms with Crippen LogP contribution >= 0.6 is 0 Å². The summed E-state index contributed by atoms with van der Waals surface area (Å²) in [6.07, 6.45) is 6.61. The van der Waals surface area contributed by atoms with Gasteiger partial charge in [-0.1, -0.05) is 0 Å². The second kappa shape index (κ2) is 2.05. The predicted octanol–water partition coefficient (Wildman–Crippen LogP) is 0.851. The maximum Gasteiger partial charge on any atom is 0.0315 e. The molecule has 2 nitrogen and oxygen atoms in total. The minimum Gasteiger partial charge on any atom is -0.326 e. The molecule has 0 aromatic rings. The highest BCUT2D eigenvalue weighted by atomic mass is 14.9. The molecule has 0 aromatic heterocycles. The van der Waals surface area contributed by atoms with E-state index in [-0.39, 0.29) is 5.54 Å². The van der Waals surface area contributed by atoms with E-state index in [4.69, 9.17) is 11.5 Å². The smallest absolute Gasteiger partial charge is 0.0315 e. The molecule has 4 bridgehead atoms. The molecular weight excluding hydrogens is 148 g/mol. The van der Waals surface area contributed by atoms with E-state index in [1.54, 1.807) is 0 Å². The molecule has 0 saturated heterocycles. The molecule has 0 aromatic carbocycles. The van der Waals surface area contributed by atoms with Crippen LogP contribution in [0.5, 0.6) is 0 Å². The fourth-order valence-electron chi connectivity index (χ4n) is 4.14. The molecule has 2 heteroatoms. The second-order valence-electron chi connectivity index (χ2n) is 5.37. The second-order valence-corrected chi connectivity index (χ2v) is 5.37. The molecule has 0 aliphatic heterocycles. The zero-order valence-electron chi connectivity index (χ0n) is 7.50. The van der Waals surface area contributed by atoms with Gasteiger partial charge < -0.3 is 11.5 Å². The van der Waals surface area contributed by atoms with Crippen LogP contribution in [-0.4, -0.2) is 11.6 Å². The van der Waals surface area contributed by atoms with Crippen molar-refractivity contribution >= 4 is 0 Å². The minimum atomic E-state index is 0.0365. The lowest BCUT2D eigenvalue weighted by molar-refractivity contribution is -0.0189. The van der Waals surface area contributed by atoms with Crippen molar-refractivity contribution in [3.8, 4) is 0 Å². The van der Waals surface area contributed by atoms with Gasteiger partial charge in [-0.3, -0.25) is 0 Å². The van der Waals surface area contributed by atoms with Crippen molar-refractivity contribution in [2.45, 2.75) is 43.7 Å². The molecule has 3 atom stereocenters. The Morgan fingerprint density at radius 2 is 1.58 bits per heavy atom. The SMILES string of the molecule is N[C@H]1C2C[C@@H]3C[C@@H](C2)CC1(N)C3. The van der Waals surface area contributed by atoms with E-state index in [1.165, 1.54) is 32.1 Å². The molecule has 12 heavy (non-hydrogen) atoms. The van der Waals surface area contributed by atoms with E-state index in [9.17, 15) is 0 Å². The van der Waals surface area contributed by atoms with E-state index >= 15 is 0 Å². The number of hydrogen-bond acceptors (Lipinski definition) is 2. The first-order valence-electron chi connectivity index (χ1n) is 5.22. The summed E-state index contributed by atoms with van der Waals surface area (Å²) in [7, 11) is 0. The maximum absolute atomic E-state index is 6.34. The first kappa shape index (κ1) is 7.34. The number of rotatable bonds is 0. The van der Waals surface area contributed by atoms with E-state index in [0.29, 0.717) is 6.04 Å². The summed E-state index contributed by atoms with van der Waals surface area (Å²) in [6.45, 7) is 0. The van der Waals surface area contributed by atoms with Gasteiger partial charge in [0, 0.05) is 11.6 Å². The molecule has 0 unspecified atom stereocenters. The summed E-state index contributed by atoms with van der Waals surface area (Å²) in [5.74, 6) is 2.61. The fraction of sp³-hybridized carbons (Fsp3) is 1.00. The highest BCUT2D eigenvalue weighted by molar-refractivity contribution is 5.11. The zero-order chi connectivity index (χ0) is 8.34. The summed E-state index contributed by atoms with van der Waals surface area (Å²) >= 11 is 0. The molecule has 0 radical (unpaired) electrons. The van der Waals surface area contributed by atoms with Gasteiger partial charge in [0.25, 0.3) is 0 Å². The third-order valence-corrected chi connectivity index (χ3v) is 4.45. The zero-order valence-corrected chi connectivity index (χ0v) is 7.50. The Balaban J connectivity index is 1.97. The third kappa shape index (κ3) is 0.775. The van der Waals surface area contributed by atoms with E-state index in [2.05, 4.69) is 0 Å². The van der Waals surface area contributed by atoms with Crippen molar-refractivity contribution in [2.24, 2.45) is 29.2 Å². The Hall–Kier alpha value is -0.0800. The number of nitrogens with two attached hydrogens (primary N) is 2. The molecule has 0 amide bonds. The molecule has 4 fully saturated rings. The third-order valence-electron chi connectivity index (χ3n) is 4.45. The summed E-state index contributed by atoms with van der Waals surface area (Å²) in [5, 5.41) is 0. The largest absolute Gasteiger partial charge is 0.326 e. The van der Waals surface area contributed by atoms with Gasteiger partial charge in [0.2, 0.25) is 0 Å². The minimum absolute atomic E-state index is 0.0365. The average Bonchev–Trinajstić information content (AvgIpc) is 1.98. The molecule has 68 valence electrons. The molecule has 4 aliphatic rings. The Bertz CT molecular complexity index is 200. The molecular formula is C10H18N2. The Labute approximate surface area is 73.7 Å².